The molecule has 2 aliphatic rings. The lowest BCUT2D eigenvalue weighted by Crippen LogP contribution is -2.48. The van der Waals surface area contributed by atoms with Gasteiger partial charge in [0.15, 0.2) is 0 Å². The molecule has 0 bridgehead atoms. The molecule has 2 aliphatic heterocycles. The molecule has 0 aromatic heterocycles. The Bertz CT molecular complexity index is 720. The molecule has 0 aliphatic carbocycles. The SMILES string of the molecule is CCCS(=O)(=O)N1CCCC(C(=O)N2CCCC2CCc2ccccc2)C1. The molecule has 2 fully saturated rings. The quantitative estimate of drug-likeness (QED) is 0.717. The Kier molecular flexibility index (Phi) is 6.93. The Morgan fingerprint density at radius 2 is 1.85 bits per heavy atom. The van der Waals surface area contributed by atoms with Crippen molar-refractivity contribution >= 4 is 15.9 Å². The third kappa shape index (κ3) is 5.11. The van der Waals surface area contributed by atoms with E-state index in [1.807, 2.05) is 17.9 Å². The fraction of sp³-hybridized carbons (Fsp3) is 0.667. The van der Waals surface area contributed by atoms with Crippen molar-refractivity contribution in [2.75, 3.05) is 25.4 Å². The first-order valence-corrected chi connectivity index (χ1v) is 11.9. The smallest absolute Gasteiger partial charge is 0.227 e. The van der Waals surface area contributed by atoms with Crippen LogP contribution in [0.4, 0.5) is 0 Å². The Morgan fingerprint density at radius 1 is 1.11 bits per heavy atom. The third-order valence-corrected chi connectivity index (χ3v) is 7.90. The van der Waals surface area contributed by atoms with Crippen LogP contribution in [-0.4, -0.2) is 55.0 Å². The van der Waals surface area contributed by atoms with E-state index >= 15 is 0 Å². The minimum absolute atomic E-state index is 0.168. The van der Waals surface area contributed by atoms with Gasteiger partial charge in [0.05, 0.1) is 11.7 Å². The van der Waals surface area contributed by atoms with Gasteiger partial charge in [0, 0.05) is 25.7 Å². The molecule has 1 aromatic carbocycles. The van der Waals surface area contributed by atoms with Crippen molar-refractivity contribution in [1.29, 1.82) is 0 Å². The van der Waals surface area contributed by atoms with Crippen LogP contribution in [0.5, 0.6) is 0 Å². The lowest BCUT2D eigenvalue weighted by atomic mass is 9.97. The molecule has 2 saturated heterocycles. The maximum atomic E-state index is 13.2. The largest absolute Gasteiger partial charge is 0.339 e. The predicted octanol–water partition coefficient (Wildman–Crippen LogP) is 3.06. The summed E-state index contributed by atoms with van der Waals surface area (Å²) < 4.78 is 26.4. The number of benzene rings is 1. The van der Waals surface area contributed by atoms with Crippen LogP contribution in [0.1, 0.15) is 51.0 Å². The summed E-state index contributed by atoms with van der Waals surface area (Å²) >= 11 is 0. The first kappa shape index (κ1) is 20.3. The molecular weight excluding hydrogens is 360 g/mol. The van der Waals surface area contributed by atoms with Crippen molar-refractivity contribution in [2.45, 2.75) is 57.9 Å². The van der Waals surface area contributed by atoms with E-state index in [0.29, 0.717) is 25.6 Å². The normalized spacial score (nSPS) is 24.3. The average molecular weight is 393 g/mol. The van der Waals surface area contributed by atoms with Crippen molar-refractivity contribution < 1.29 is 13.2 Å². The van der Waals surface area contributed by atoms with Crippen LogP contribution in [0.2, 0.25) is 0 Å². The van der Waals surface area contributed by atoms with E-state index < -0.39 is 10.0 Å². The number of sulfonamides is 1. The van der Waals surface area contributed by atoms with Gasteiger partial charge in [0.2, 0.25) is 15.9 Å². The molecule has 0 radical (unpaired) electrons. The second kappa shape index (κ2) is 9.20. The first-order valence-electron chi connectivity index (χ1n) is 10.3. The van der Waals surface area contributed by atoms with Crippen molar-refractivity contribution in [3.8, 4) is 0 Å². The van der Waals surface area contributed by atoms with Gasteiger partial charge in [-0.25, -0.2) is 12.7 Å². The summed E-state index contributed by atoms with van der Waals surface area (Å²) in [5, 5.41) is 0. The highest BCUT2D eigenvalue weighted by atomic mass is 32.2. The number of aryl methyl sites for hydroxylation is 1. The topological polar surface area (TPSA) is 57.7 Å². The minimum atomic E-state index is -3.22. The van der Waals surface area contributed by atoms with Gasteiger partial charge in [-0.2, -0.15) is 0 Å². The van der Waals surface area contributed by atoms with E-state index in [2.05, 4.69) is 24.3 Å². The maximum Gasteiger partial charge on any atom is 0.227 e. The molecule has 6 heteroatoms. The molecule has 3 rings (SSSR count). The Balaban J connectivity index is 1.60. The highest BCUT2D eigenvalue weighted by molar-refractivity contribution is 7.89. The molecule has 2 heterocycles. The Hall–Kier alpha value is -1.40. The summed E-state index contributed by atoms with van der Waals surface area (Å²) in [5.74, 6) is 0.168. The molecular formula is C21H32N2O3S. The monoisotopic (exact) mass is 392 g/mol. The van der Waals surface area contributed by atoms with Crippen LogP contribution in [0.3, 0.4) is 0 Å². The van der Waals surface area contributed by atoms with Crippen LogP contribution in [0.25, 0.3) is 0 Å². The number of carbonyl (C=O) groups excluding carboxylic acids is 1. The van der Waals surface area contributed by atoms with Gasteiger partial charge in [-0.3, -0.25) is 4.79 Å². The third-order valence-electron chi connectivity index (χ3n) is 5.86. The number of rotatable bonds is 7. The van der Waals surface area contributed by atoms with Gasteiger partial charge < -0.3 is 4.90 Å². The lowest BCUT2D eigenvalue weighted by Gasteiger charge is -2.35. The fourth-order valence-corrected chi connectivity index (χ4v) is 6.01. The van der Waals surface area contributed by atoms with Crippen molar-refractivity contribution in [3.05, 3.63) is 35.9 Å². The van der Waals surface area contributed by atoms with Gasteiger partial charge >= 0.3 is 0 Å². The summed E-state index contributed by atoms with van der Waals surface area (Å²) in [6, 6.07) is 10.7. The number of piperidine rings is 1. The fourth-order valence-electron chi connectivity index (χ4n) is 4.42. The molecule has 1 aromatic rings. The second-order valence-corrected chi connectivity index (χ2v) is 9.95. The number of nitrogens with zero attached hydrogens (tertiary/aromatic N) is 2. The van der Waals surface area contributed by atoms with Gasteiger partial charge in [-0.1, -0.05) is 37.3 Å². The average Bonchev–Trinajstić information content (AvgIpc) is 3.15. The Morgan fingerprint density at radius 3 is 2.59 bits per heavy atom. The van der Waals surface area contributed by atoms with Crippen LogP contribution in [-0.2, 0) is 21.2 Å². The summed E-state index contributed by atoms with van der Waals surface area (Å²) in [7, 11) is -3.22. The molecule has 5 nitrogen and oxygen atoms in total. The summed E-state index contributed by atoms with van der Waals surface area (Å²) in [5.41, 5.74) is 1.31. The van der Waals surface area contributed by atoms with E-state index in [1.165, 1.54) is 5.56 Å². The first-order chi connectivity index (χ1) is 13.0. The molecule has 1 amide bonds. The number of likely N-dealkylation sites (tertiary alicyclic amines) is 1. The molecule has 2 unspecified atom stereocenters. The van der Waals surface area contributed by atoms with E-state index in [1.54, 1.807) is 4.31 Å². The highest BCUT2D eigenvalue weighted by Crippen LogP contribution is 2.28. The number of amides is 1. The summed E-state index contributed by atoms with van der Waals surface area (Å²) in [6.07, 6.45) is 6.28. The van der Waals surface area contributed by atoms with Crippen molar-refractivity contribution in [3.63, 3.8) is 0 Å². The van der Waals surface area contributed by atoms with Gasteiger partial charge in [0.25, 0.3) is 0 Å². The van der Waals surface area contributed by atoms with Crippen LogP contribution in [0.15, 0.2) is 30.3 Å². The standard InChI is InChI=1S/C21H32N2O3S/c1-2-16-27(25,26)22-14-6-10-19(17-22)21(24)23-15-7-11-20(23)13-12-18-8-4-3-5-9-18/h3-5,8-9,19-20H,2,6-7,10-17H2,1H3. The second-order valence-electron chi connectivity index (χ2n) is 7.87. The van der Waals surface area contributed by atoms with E-state index in [4.69, 9.17) is 0 Å². The molecule has 0 saturated carbocycles. The van der Waals surface area contributed by atoms with E-state index in [-0.39, 0.29) is 17.6 Å². The van der Waals surface area contributed by atoms with Gasteiger partial charge in [-0.15, -0.1) is 0 Å². The van der Waals surface area contributed by atoms with Crippen molar-refractivity contribution in [1.82, 2.24) is 9.21 Å². The minimum Gasteiger partial charge on any atom is -0.339 e. The molecule has 150 valence electrons. The maximum absolute atomic E-state index is 13.2. The molecule has 27 heavy (non-hydrogen) atoms. The van der Waals surface area contributed by atoms with E-state index in [9.17, 15) is 13.2 Å². The van der Waals surface area contributed by atoms with Crippen LogP contribution in [0, 0.1) is 5.92 Å². The summed E-state index contributed by atoms with van der Waals surface area (Å²) in [4.78, 5) is 15.2. The summed E-state index contributed by atoms with van der Waals surface area (Å²) in [6.45, 7) is 3.62. The Labute approximate surface area is 163 Å². The molecule has 2 atom stereocenters. The lowest BCUT2D eigenvalue weighted by molar-refractivity contribution is -0.137. The number of hydrogen-bond acceptors (Lipinski definition) is 3. The zero-order valence-corrected chi connectivity index (χ0v) is 17.2. The van der Waals surface area contributed by atoms with E-state index in [0.717, 1.165) is 45.1 Å². The predicted molar refractivity (Wildman–Crippen MR) is 108 cm³/mol. The van der Waals surface area contributed by atoms with Crippen LogP contribution < -0.4 is 0 Å². The van der Waals surface area contributed by atoms with Gasteiger partial charge in [-0.05, 0) is 50.5 Å². The number of hydrogen-bond donors (Lipinski definition) is 0. The van der Waals surface area contributed by atoms with Gasteiger partial charge in [0.1, 0.15) is 0 Å². The highest BCUT2D eigenvalue weighted by Gasteiger charge is 2.37. The molecule has 0 N–H and O–H groups in total. The zero-order valence-electron chi connectivity index (χ0n) is 16.3. The molecule has 0 spiro atoms. The zero-order chi connectivity index (χ0) is 19.3. The van der Waals surface area contributed by atoms with Crippen molar-refractivity contribution in [2.24, 2.45) is 5.92 Å². The van der Waals surface area contributed by atoms with Crippen LogP contribution >= 0.6 is 0 Å². The number of carbonyl (C=O) groups is 1.